The first-order valence-corrected chi connectivity index (χ1v) is 5.74. The second-order valence-corrected chi connectivity index (χ2v) is 4.39. The second kappa shape index (κ2) is 4.95. The standard InChI is InChI=1S/C11H14N4O2/c12-6-9-7-15(14-13-9)10-3-1-2-8(10)4-5-11(16)17/h7-8,10H,1-5H2,(H,16,17). The second-order valence-electron chi connectivity index (χ2n) is 4.39. The fourth-order valence-electron chi connectivity index (χ4n) is 2.50. The fraction of sp³-hybridized carbons (Fsp3) is 0.636. The largest absolute Gasteiger partial charge is 0.481 e. The highest BCUT2D eigenvalue weighted by molar-refractivity contribution is 5.66. The van der Waals surface area contributed by atoms with Gasteiger partial charge in [0.2, 0.25) is 0 Å². The summed E-state index contributed by atoms with van der Waals surface area (Å²) in [6.07, 6.45) is 5.60. The van der Waals surface area contributed by atoms with Gasteiger partial charge >= 0.3 is 5.97 Å². The summed E-state index contributed by atoms with van der Waals surface area (Å²) >= 11 is 0. The Hall–Kier alpha value is -1.90. The van der Waals surface area contributed by atoms with Crippen LogP contribution in [-0.4, -0.2) is 26.1 Å². The van der Waals surface area contributed by atoms with Crippen LogP contribution in [0.3, 0.4) is 0 Å². The van der Waals surface area contributed by atoms with E-state index >= 15 is 0 Å². The maximum atomic E-state index is 10.6. The zero-order valence-electron chi connectivity index (χ0n) is 9.41. The topological polar surface area (TPSA) is 91.8 Å². The molecule has 0 bridgehead atoms. The lowest BCUT2D eigenvalue weighted by atomic mass is 9.98. The van der Waals surface area contributed by atoms with Gasteiger partial charge in [0.05, 0.1) is 12.2 Å². The van der Waals surface area contributed by atoms with Gasteiger partial charge in [-0.15, -0.1) is 5.10 Å². The average molecular weight is 234 g/mol. The molecular formula is C11H14N4O2. The first-order chi connectivity index (χ1) is 8.20. The summed E-state index contributed by atoms with van der Waals surface area (Å²) in [5.74, 6) is -0.425. The number of aliphatic carboxylic acids is 1. The van der Waals surface area contributed by atoms with Crippen LogP contribution in [0.1, 0.15) is 43.8 Å². The molecule has 90 valence electrons. The zero-order chi connectivity index (χ0) is 12.3. The number of carboxylic acid groups (broad SMARTS) is 1. The number of nitriles is 1. The van der Waals surface area contributed by atoms with Gasteiger partial charge in [-0.3, -0.25) is 4.79 Å². The number of carbonyl (C=O) groups is 1. The van der Waals surface area contributed by atoms with E-state index in [9.17, 15) is 4.79 Å². The van der Waals surface area contributed by atoms with E-state index in [1.807, 2.05) is 6.07 Å². The molecule has 1 fully saturated rings. The highest BCUT2D eigenvalue weighted by atomic mass is 16.4. The zero-order valence-corrected chi connectivity index (χ0v) is 9.41. The molecule has 0 radical (unpaired) electrons. The van der Waals surface area contributed by atoms with Crippen LogP contribution < -0.4 is 0 Å². The highest BCUT2D eigenvalue weighted by Gasteiger charge is 2.29. The predicted octanol–water partition coefficient (Wildman–Crippen LogP) is 1.36. The molecule has 0 saturated heterocycles. The molecule has 0 spiro atoms. The van der Waals surface area contributed by atoms with Crippen molar-refractivity contribution < 1.29 is 9.90 Å². The first-order valence-electron chi connectivity index (χ1n) is 5.74. The molecule has 6 nitrogen and oxygen atoms in total. The van der Waals surface area contributed by atoms with Crippen molar-refractivity contribution in [1.29, 1.82) is 5.26 Å². The van der Waals surface area contributed by atoms with Gasteiger partial charge in [0, 0.05) is 6.42 Å². The van der Waals surface area contributed by atoms with Gasteiger partial charge in [-0.1, -0.05) is 11.6 Å². The molecule has 0 amide bonds. The van der Waals surface area contributed by atoms with Gasteiger partial charge in [0.25, 0.3) is 0 Å². The molecule has 6 heteroatoms. The molecule has 1 N–H and O–H groups in total. The van der Waals surface area contributed by atoms with Crippen molar-refractivity contribution in [3.05, 3.63) is 11.9 Å². The third-order valence-electron chi connectivity index (χ3n) is 3.31. The molecule has 1 aromatic rings. The molecule has 1 saturated carbocycles. The van der Waals surface area contributed by atoms with E-state index in [0.717, 1.165) is 19.3 Å². The Labute approximate surface area is 98.9 Å². The van der Waals surface area contributed by atoms with E-state index in [1.165, 1.54) is 0 Å². The normalized spacial score (nSPS) is 23.5. The van der Waals surface area contributed by atoms with Crippen molar-refractivity contribution in [2.24, 2.45) is 5.92 Å². The summed E-state index contributed by atoms with van der Waals surface area (Å²) in [4.78, 5) is 10.6. The third-order valence-corrected chi connectivity index (χ3v) is 3.31. The van der Waals surface area contributed by atoms with Crippen LogP contribution >= 0.6 is 0 Å². The van der Waals surface area contributed by atoms with Gasteiger partial charge in [-0.05, 0) is 25.2 Å². The summed E-state index contributed by atoms with van der Waals surface area (Å²) < 4.78 is 1.72. The number of hydrogen-bond acceptors (Lipinski definition) is 4. The predicted molar refractivity (Wildman–Crippen MR) is 58.0 cm³/mol. The Bertz CT molecular complexity index is 449. The van der Waals surface area contributed by atoms with Gasteiger partial charge in [0.15, 0.2) is 5.69 Å². The molecule has 1 aromatic heterocycles. The molecule has 1 heterocycles. The lowest BCUT2D eigenvalue weighted by Gasteiger charge is -2.18. The Kier molecular flexibility index (Phi) is 3.38. The molecule has 0 aromatic carbocycles. The van der Waals surface area contributed by atoms with Crippen molar-refractivity contribution in [3.8, 4) is 6.07 Å². The summed E-state index contributed by atoms with van der Waals surface area (Å²) in [5, 5.41) is 25.1. The fourth-order valence-corrected chi connectivity index (χ4v) is 2.50. The molecular weight excluding hydrogens is 220 g/mol. The van der Waals surface area contributed by atoms with Gasteiger partial charge < -0.3 is 5.11 Å². The molecule has 0 aliphatic heterocycles. The lowest BCUT2D eigenvalue weighted by molar-refractivity contribution is -0.137. The SMILES string of the molecule is N#Cc1cn(C2CCCC2CCC(=O)O)nn1. The van der Waals surface area contributed by atoms with Crippen molar-refractivity contribution in [2.75, 3.05) is 0 Å². The highest BCUT2D eigenvalue weighted by Crippen LogP contribution is 2.37. The number of aromatic nitrogens is 3. The van der Waals surface area contributed by atoms with Crippen molar-refractivity contribution in [3.63, 3.8) is 0 Å². The van der Waals surface area contributed by atoms with E-state index in [4.69, 9.17) is 10.4 Å². The minimum absolute atomic E-state index is 0.195. The Morgan fingerprint density at radius 3 is 3.12 bits per heavy atom. The summed E-state index contributed by atoms with van der Waals surface area (Å²) in [7, 11) is 0. The molecule has 17 heavy (non-hydrogen) atoms. The molecule has 2 atom stereocenters. The Morgan fingerprint density at radius 1 is 1.65 bits per heavy atom. The Morgan fingerprint density at radius 2 is 2.47 bits per heavy atom. The maximum absolute atomic E-state index is 10.6. The van der Waals surface area contributed by atoms with E-state index in [1.54, 1.807) is 10.9 Å². The molecule has 2 rings (SSSR count). The quantitative estimate of drug-likeness (QED) is 0.849. The van der Waals surface area contributed by atoms with Crippen molar-refractivity contribution in [2.45, 2.75) is 38.1 Å². The monoisotopic (exact) mass is 234 g/mol. The van der Waals surface area contributed by atoms with E-state index in [-0.39, 0.29) is 12.5 Å². The van der Waals surface area contributed by atoms with Crippen LogP contribution in [0.15, 0.2) is 6.20 Å². The summed E-state index contributed by atoms with van der Waals surface area (Å²) in [6.45, 7) is 0. The first kappa shape index (κ1) is 11.6. The summed E-state index contributed by atoms with van der Waals surface area (Å²) in [5.41, 5.74) is 0.314. The molecule has 1 aliphatic carbocycles. The van der Waals surface area contributed by atoms with E-state index < -0.39 is 5.97 Å². The Balaban J connectivity index is 2.04. The number of carboxylic acids is 1. The third kappa shape index (κ3) is 2.61. The van der Waals surface area contributed by atoms with Crippen molar-refractivity contribution >= 4 is 5.97 Å². The maximum Gasteiger partial charge on any atom is 0.303 e. The smallest absolute Gasteiger partial charge is 0.303 e. The van der Waals surface area contributed by atoms with Crippen LogP contribution in [-0.2, 0) is 4.79 Å². The molecule has 1 aliphatic rings. The van der Waals surface area contributed by atoms with E-state index in [0.29, 0.717) is 18.0 Å². The lowest BCUT2D eigenvalue weighted by Crippen LogP contribution is -2.16. The van der Waals surface area contributed by atoms with Crippen LogP contribution in [0.5, 0.6) is 0 Å². The van der Waals surface area contributed by atoms with Crippen molar-refractivity contribution in [1.82, 2.24) is 15.0 Å². The van der Waals surface area contributed by atoms with Crippen LogP contribution in [0, 0.1) is 17.2 Å². The van der Waals surface area contributed by atoms with Gasteiger partial charge in [-0.25, -0.2) is 4.68 Å². The van der Waals surface area contributed by atoms with Crippen LogP contribution in [0.2, 0.25) is 0 Å². The minimum atomic E-state index is -0.757. The van der Waals surface area contributed by atoms with Gasteiger partial charge in [0.1, 0.15) is 6.07 Å². The summed E-state index contributed by atoms with van der Waals surface area (Å²) in [6, 6.07) is 2.15. The number of rotatable bonds is 4. The van der Waals surface area contributed by atoms with E-state index in [2.05, 4.69) is 10.3 Å². The minimum Gasteiger partial charge on any atom is -0.481 e. The molecule has 2 unspecified atom stereocenters. The van der Waals surface area contributed by atoms with Crippen LogP contribution in [0.4, 0.5) is 0 Å². The van der Waals surface area contributed by atoms with Crippen LogP contribution in [0.25, 0.3) is 0 Å². The number of hydrogen-bond donors (Lipinski definition) is 1. The average Bonchev–Trinajstić information content (AvgIpc) is 2.94. The van der Waals surface area contributed by atoms with Gasteiger partial charge in [-0.2, -0.15) is 5.26 Å². The number of nitrogens with zero attached hydrogens (tertiary/aromatic N) is 4.